The van der Waals surface area contributed by atoms with Gasteiger partial charge in [0.05, 0.1) is 18.5 Å². The first-order chi connectivity index (χ1) is 13.2. The third-order valence-corrected chi connectivity index (χ3v) is 5.91. The van der Waals surface area contributed by atoms with E-state index < -0.39 is 11.8 Å². The minimum Gasteiger partial charge on any atom is -0.497 e. The van der Waals surface area contributed by atoms with Crippen LogP contribution in [0.1, 0.15) is 30.5 Å². The number of thioether (sulfide) groups is 1. The number of piperidine rings is 1. The largest absolute Gasteiger partial charge is 0.497 e. The Morgan fingerprint density at radius 1 is 1.11 bits per heavy atom. The van der Waals surface area contributed by atoms with Crippen LogP contribution < -0.4 is 10.1 Å². The van der Waals surface area contributed by atoms with E-state index in [1.165, 1.54) is 0 Å². The van der Waals surface area contributed by atoms with Crippen molar-refractivity contribution in [2.24, 2.45) is 0 Å². The van der Waals surface area contributed by atoms with Crippen molar-refractivity contribution in [3.8, 4) is 11.4 Å². The molecule has 2 aliphatic heterocycles. The number of anilines is 1. The summed E-state index contributed by atoms with van der Waals surface area (Å²) in [5.41, 5.74) is 2.77. The molecule has 2 aliphatic rings. The third kappa shape index (κ3) is 3.53. The lowest BCUT2D eigenvalue weighted by Gasteiger charge is -2.26. The SMILES string of the molecule is COc1ccc(-n2nc3c(c2NC(=O)C(=O)N2CCCCC2)CSC3)cc1. The number of carbonyl (C=O) groups is 2. The number of hydrogen-bond donors (Lipinski definition) is 1. The summed E-state index contributed by atoms with van der Waals surface area (Å²) in [6, 6.07) is 7.47. The number of carbonyl (C=O) groups excluding carboxylic acids is 2. The van der Waals surface area contributed by atoms with E-state index >= 15 is 0 Å². The summed E-state index contributed by atoms with van der Waals surface area (Å²) in [6.07, 6.45) is 3.02. The van der Waals surface area contributed by atoms with Gasteiger partial charge in [-0.3, -0.25) is 9.59 Å². The van der Waals surface area contributed by atoms with Crippen molar-refractivity contribution in [3.63, 3.8) is 0 Å². The molecule has 8 heteroatoms. The quantitative estimate of drug-likeness (QED) is 0.821. The number of nitrogens with one attached hydrogen (secondary N) is 1. The summed E-state index contributed by atoms with van der Waals surface area (Å²) >= 11 is 1.75. The van der Waals surface area contributed by atoms with Crippen LogP contribution in [0.15, 0.2) is 24.3 Å². The van der Waals surface area contributed by atoms with Gasteiger partial charge in [0.15, 0.2) is 0 Å². The number of ether oxygens (including phenoxy) is 1. The number of rotatable bonds is 3. The molecule has 0 saturated carbocycles. The highest BCUT2D eigenvalue weighted by Crippen LogP contribution is 2.36. The molecule has 4 rings (SSSR count). The van der Waals surface area contributed by atoms with Crippen LogP contribution >= 0.6 is 11.8 Å². The average molecular weight is 386 g/mol. The number of hydrogen-bond acceptors (Lipinski definition) is 5. The molecule has 3 heterocycles. The highest BCUT2D eigenvalue weighted by molar-refractivity contribution is 7.98. The molecule has 2 aromatic rings. The number of methoxy groups -OCH3 is 1. The van der Waals surface area contributed by atoms with Crippen molar-refractivity contribution in [1.82, 2.24) is 14.7 Å². The standard InChI is InChI=1S/C19H22N4O3S/c1-26-14-7-5-13(6-8-14)23-17(15-11-27-12-16(15)21-23)20-18(24)19(25)22-9-3-2-4-10-22/h5-8H,2-4,9-12H2,1H3,(H,20,24). The molecule has 27 heavy (non-hydrogen) atoms. The molecule has 1 aromatic carbocycles. The van der Waals surface area contributed by atoms with Gasteiger partial charge in [-0.05, 0) is 43.5 Å². The maximum absolute atomic E-state index is 12.6. The summed E-state index contributed by atoms with van der Waals surface area (Å²) in [5.74, 6) is 1.87. The van der Waals surface area contributed by atoms with E-state index in [4.69, 9.17) is 4.74 Å². The van der Waals surface area contributed by atoms with Gasteiger partial charge >= 0.3 is 11.8 Å². The van der Waals surface area contributed by atoms with Crippen LogP contribution in [0.25, 0.3) is 5.69 Å². The molecule has 1 saturated heterocycles. The first-order valence-corrected chi connectivity index (χ1v) is 10.3. The van der Waals surface area contributed by atoms with Gasteiger partial charge in [0, 0.05) is 30.2 Å². The monoisotopic (exact) mass is 386 g/mol. The van der Waals surface area contributed by atoms with Crippen LogP contribution in [-0.2, 0) is 21.1 Å². The number of fused-ring (bicyclic) bond motifs is 1. The van der Waals surface area contributed by atoms with E-state index in [1.807, 2.05) is 24.3 Å². The fourth-order valence-electron chi connectivity index (χ4n) is 3.45. The smallest absolute Gasteiger partial charge is 0.315 e. The van der Waals surface area contributed by atoms with Crippen molar-refractivity contribution in [1.29, 1.82) is 0 Å². The van der Waals surface area contributed by atoms with Crippen LogP contribution in [0.4, 0.5) is 5.82 Å². The van der Waals surface area contributed by atoms with Gasteiger partial charge in [-0.1, -0.05) is 0 Å². The Labute approximate surface area is 162 Å². The number of likely N-dealkylation sites (tertiary alicyclic amines) is 1. The topological polar surface area (TPSA) is 76.5 Å². The Hall–Kier alpha value is -2.48. The Balaban J connectivity index is 1.61. The molecule has 1 N–H and O–H groups in total. The van der Waals surface area contributed by atoms with Crippen molar-refractivity contribution in [2.45, 2.75) is 30.8 Å². The fourth-order valence-corrected chi connectivity index (χ4v) is 4.49. The van der Waals surface area contributed by atoms with Gasteiger partial charge in [0.2, 0.25) is 0 Å². The highest BCUT2D eigenvalue weighted by atomic mass is 32.2. The Kier molecular flexibility index (Phi) is 5.07. The normalized spacial score (nSPS) is 16.1. The van der Waals surface area contributed by atoms with Crippen molar-refractivity contribution in [3.05, 3.63) is 35.5 Å². The molecule has 2 amide bonds. The first kappa shape index (κ1) is 17.9. The summed E-state index contributed by atoms with van der Waals surface area (Å²) in [6.45, 7) is 1.30. The number of nitrogens with zero attached hydrogens (tertiary/aromatic N) is 3. The second-order valence-corrected chi connectivity index (χ2v) is 7.67. The summed E-state index contributed by atoms with van der Waals surface area (Å²) in [4.78, 5) is 26.8. The zero-order valence-corrected chi connectivity index (χ0v) is 16.1. The lowest BCUT2D eigenvalue weighted by Crippen LogP contribution is -2.42. The minimum atomic E-state index is -0.591. The summed E-state index contributed by atoms with van der Waals surface area (Å²) in [5, 5.41) is 7.50. The summed E-state index contributed by atoms with van der Waals surface area (Å²) < 4.78 is 6.92. The maximum Gasteiger partial charge on any atom is 0.315 e. The maximum atomic E-state index is 12.6. The number of benzene rings is 1. The minimum absolute atomic E-state index is 0.461. The molecular weight excluding hydrogens is 364 g/mol. The fraction of sp³-hybridized carbons (Fsp3) is 0.421. The van der Waals surface area contributed by atoms with Crippen molar-refractivity contribution in [2.75, 3.05) is 25.5 Å². The van der Waals surface area contributed by atoms with Gasteiger partial charge in [-0.2, -0.15) is 16.9 Å². The second kappa shape index (κ2) is 7.64. The van der Waals surface area contributed by atoms with E-state index in [1.54, 1.807) is 28.5 Å². The molecule has 0 spiro atoms. The predicted molar refractivity (Wildman–Crippen MR) is 104 cm³/mol. The molecule has 1 aromatic heterocycles. The van der Waals surface area contributed by atoms with Gasteiger partial charge < -0.3 is 15.0 Å². The van der Waals surface area contributed by atoms with E-state index in [2.05, 4.69) is 10.4 Å². The van der Waals surface area contributed by atoms with Gasteiger partial charge in [-0.25, -0.2) is 4.68 Å². The Bertz CT molecular complexity index is 857. The molecular formula is C19H22N4O3S. The molecule has 0 atom stereocenters. The van der Waals surface area contributed by atoms with E-state index in [9.17, 15) is 9.59 Å². The first-order valence-electron chi connectivity index (χ1n) is 9.10. The average Bonchev–Trinajstić information content (AvgIpc) is 3.31. The zero-order valence-electron chi connectivity index (χ0n) is 15.2. The number of amides is 2. The molecule has 0 aliphatic carbocycles. The van der Waals surface area contributed by atoms with E-state index in [-0.39, 0.29) is 0 Å². The highest BCUT2D eigenvalue weighted by Gasteiger charge is 2.29. The van der Waals surface area contributed by atoms with Crippen LogP contribution in [0.5, 0.6) is 5.75 Å². The third-order valence-electron chi connectivity index (χ3n) is 4.94. The van der Waals surface area contributed by atoms with Crippen LogP contribution in [0.2, 0.25) is 0 Å². The van der Waals surface area contributed by atoms with Crippen molar-refractivity contribution >= 4 is 29.4 Å². The van der Waals surface area contributed by atoms with Gasteiger partial charge in [-0.15, -0.1) is 0 Å². The van der Waals surface area contributed by atoms with Crippen LogP contribution in [-0.4, -0.2) is 46.7 Å². The number of aromatic nitrogens is 2. The predicted octanol–water partition coefficient (Wildman–Crippen LogP) is 2.58. The molecule has 7 nitrogen and oxygen atoms in total. The van der Waals surface area contributed by atoms with E-state index in [0.29, 0.717) is 18.9 Å². The van der Waals surface area contributed by atoms with Gasteiger partial charge in [0.1, 0.15) is 11.6 Å². The van der Waals surface area contributed by atoms with Crippen molar-refractivity contribution < 1.29 is 14.3 Å². The van der Waals surface area contributed by atoms with Crippen LogP contribution in [0, 0.1) is 0 Å². The lowest BCUT2D eigenvalue weighted by atomic mass is 10.1. The van der Waals surface area contributed by atoms with E-state index in [0.717, 1.165) is 53.5 Å². The molecule has 1 fully saturated rings. The molecule has 0 bridgehead atoms. The van der Waals surface area contributed by atoms with Gasteiger partial charge in [0.25, 0.3) is 0 Å². The molecule has 0 unspecified atom stereocenters. The lowest BCUT2D eigenvalue weighted by molar-refractivity contribution is -0.143. The van der Waals surface area contributed by atoms with Crippen LogP contribution in [0.3, 0.4) is 0 Å². The Morgan fingerprint density at radius 2 is 1.85 bits per heavy atom. The molecule has 142 valence electrons. The second-order valence-electron chi connectivity index (χ2n) is 6.68. The zero-order chi connectivity index (χ0) is 18.8. The Morgan fingerprint density at radius 3 is 2.56 bits per heavy atom. The summed E-state index contributed by atoms with van der Waals surface area (Å²) in [7, 11) is 1.62. The molecule has 0 radical (unpaired) electrons.